The molecule has 0 N–H and O–H groups in total. The zero-order chi connectivity index (χ0) is 20.5. The van der Waals surface area contributed by atoms with Crippen molar-refractivity contribution in [2.24, 2.45) is 0 Å². The topological polar surface area (TPSA) is 26.4 Å². The fourth-order valence-corrected chi connectivity index (χ4v) is 3.15. The van der Waals surface area contributed by atoms with E-state index in [1.165, 1.54) is 4.57 Å². The third kappa shape index (κ3) is 3.80. The third-order valence-electron chi connectivity index (χ3n) is 4.29. The number of halogens is 4. The Hall–Kier alpha value is -3.04. The van der Waals surface area contributed by atoms with Crippen molar-refractivity contribution in [3.8, 4) is 11.3 Å². The Bertz CT molecular complexity index is 1140. The maximum atomic E-state index is 13.5. The Morgan fingerprint density at radius 1 is 1.11 bits per heavy atom. The summed E-state index contributed by atoms with van der Waals surface area (Å²) < 4.78 is 41.7. The predicted octanol–water partition coefficient (Wildman–Crippen LogP) is 6.10. The quantitative estimate of drug-likeness (QED) is 0.486. The van der Waals surface area contributed by atoms with E-state index < -0.39 is 23.0 Å². The molecule has 3 aromatic rings. The fourth-order valence-electron chi connectivity index (χ4n) is 2.96. The molecule has 3 nitrogen and oxygen atoms in total. The molecule has 0 radical (unpaired) electrons. The molecule has 0 fully saturated rings. The van der Waals surface area contributed by atoms with Crippen LogP contribution in [0.4, 0.5) is 18.9 Å². The monoisotopic (exact) mass is 402 g/mol. The molecule has 0 saturated carbocycles. The minimum absolute atomic E-state index is 0.0531. The van der Waals surface area contributed by atoms with Gasteiger partial charge in [0.05, 0.1) is 18.7 Å². The van der Waals surface area contributed by atoms with Crippen LogP contribution in [0, 0.1) is 13.5 Å². The lowest BCUT2D eigenvalue weighted by molar-refractivity contribution is -0.136. The first-order valence-electron chi connectivity index (χ1n) is 8.25. The largest absolute Gasteiger partial charge is 0.407 e. The second kappa shape index (κ2) is 7.53. The highest BCUT2D eigenvalue weighted by atomic mass is 35.5. The summed E-state index contributed by atoms with van der Waals surface area (Å²) in [6, 6.07) is 14.4. The Balaban J connectivity index is 2.35. The highest BCUT2D eigenvalue weighted by Crippen LogP contribution is 2.37. The van der Waals surface area contributed by atoms with Gasteiger partial charge < -0.3 is 4.57 Å². The van der Waals surface area contributed by atoms with Crippen LogP contribution in [0.25, 0.3) is 16.1 Å². The van der Waals surface area contributed by atoms with Crippen LogP contribution in [0.1, 0.15) is 16.7 Å². The van der Waals surface area contributed by atoms with E-state index in [2.05, 4.69) is 4.85 Å². The van der Waals surface area contributed by atoms with Crippen LogP contribution >= 0.6 is 11.6 Å². The first-order chi connectivity index (χ1) is 13.2. The van der Waals surface area contributed by atoms with E-state index in [4.69, 9.17) is 18.2 Å². The first-order valence-corrected chi connectivity index (χ1v) is 8.63. The van der Waals surface area contributed by atoms with Crippen molar-refractivity contribution in [2.75, 3.05) is 0 Å². The maximum Gasteiger partial charge on any atom is 0.407 e. The zero-order valence-electron chi connectivity index (χ0n) is 14.7. The molecule has 28 heavy (non-hydrogen) atoms. The summed E-state index contributed by atoms with van der Waals surface area (Å²) in [5.74, 6) is 0. The van der Waals surface area contributed by atoms with Crippen molar-refractivity contribution in [2.45, 2.75) is 19.6 Å². The summed E-state index contributed by atoms with van der Waals surface area (Å²) in [6.07, 6.45) is -4.82. The average molecular weight is 403 g/mol. The highest BCUT2D eigenvalue weighted by Gasteiger charge is 2.36. The molecule has 0 bridgehead atoms. The lowest BCUT2D eigenvalue weighted by Crippen LogP contribution is -2.25. The van der Waals surface area contributed by atoms with Gasteiger partial charge in [-0.15, -0.1) is 0 Å². The minimum atomic E-state index is -4.82. The van der Waals surface area contributed by atoms with Gasteiger partial charge >= 0.3 is 6.18 Å². The SMILES string of the molecule is [C-]#[N+]c1c(C(F)(F)F)cc(-c2cccc(C)c2)n(Cc2ccccc2Cl)c1=O. The van der Waals surface area contributed by atoms with Gasteiger partial charge in [-0.1, -0.05) is 53.6 Å². The average Bonchev–Trinajstić information content (AvgIpc) is 2.63. The normalized spacial score (nSPS) is 11.3. The summed E-state index contributed by atoms with van der Waals surface area (Å²) in [6.45, 7) is 8.87. The Labute approximate surface area is 164 Å². The molecule has 7 heteroatoms. The van der Waals surface area contributed by atoms with E-state index in [0.717, 1.165) is 11.6 Å². The van der Waals surface area contributed by atoms with Crippen LogP contribution in [-0.2, 0) is 12.7 Å². The van der Waals surface area contributed by atoms with Crippen LogP contribution in [0.2, 0.25) is 5.02 Å². The number of benzene rings is 2. The standard InChI is InChI=1S/C21H14ClF3N2O/c1-13-6-5-8-14(10-13)18-11-16(21(23,24)25)19(26-2)20(28)27(18)12-15-7-3-4-9-17(15)22/h3-11H,12H2,1H3. The van der Waals surface area contributed by atoms with Crippen LogP contribution in [0.5, 0.6) is 0 Å². The Morgan fingerprint density at radius 3 is 2.43 bits per heavy atom. The molecule has 0 unspecified atom stereocenters. The number of hydrogen-bond donors (Lipinski definition) is 0. The van der Waals surface area contributed by atoms with Gasteiger partial charge in [0, 0.05) is 10.7 Å². The van der Waals surface area contributed by atoms with Gasteiger partial charge in [0.15, 0.2) is 0 Å². The number of aromatic nitrogens is 1. The van der Waals surface area contributed by atoms with Crippen molar-refractivity contribution >= 4 is 17.3 Å². The van der Waals surface area contributed by atoms with Gasteiger partial charge in [0.2, 0.25) is 0 Å². The fraction of sp³-hybridized carbons (Fsp3) is 0.143. The van der Waals surface area contributed by atoms with E-state index in [1.807, 2.05) is 0 Å². The summed E-state index contributed by atoms with van der Waals surface area (Å²) in [5, 5.41) is 0.383. The summed E-state index contributed by atoms with van der Waals surface area (Å²) >= 11 is 6.17. The van der Waals surface area contributed by atoms with Gasteiger partial charge in [-0.25, -0.2) is 4.85 Å². The van der Waals surface area contributed by atoms with Gasteiger partial charge in [-0.2, -0.15) is 13.2 Å². The number of nitrogens with zero attached hydrogens (tertiary/aromatic N) is 2. The molecule has 0 spiro atoms. The second-order valence-electron chi connectivity index (χ2n) is 6.25. The highest BCUT2D eigenvalue weighted by molar-refractivity contribution is 6.31. The van der Waals surface area contributed by atoms with Crippen LogP contribution in [-0.4, -0.2) is 4.57 Å². The molecule has 1 heterocycles. The van der Waals surface area contributed by atoms with E-state index in [9.17, 15) is 18.0 Å². The van der Waals surface area contributed by atoms with Crippen molar-refractivity contribution in [3.63, 3.8) is 0 Å². The molecule has 0 amide bonds. The smallest absolute Gasteiger partial charge is 0.313 e. The predicted molar refractivity (Wildman–Crippen MR) is 103 cm³/mol. The lowest BCUT2D eigenvalue weighted by Gasteiger charge is -2.18. The van der Waals surface area contributed by atoms with Gasteiger partial charge in [0.1, 0.15) is 0 Å². The van der Waals surface area contributed by atoms with Gasteiger partial charge in [0.25, 0.3) is 11.2 Å². The molecule has 2 aromatic carbocycles. The van der Waals surface area contributed by atoms with E-state index in [1.54, 1.807) is 55.5 Å². The Morgan fingerprint density at radius 2 is 1.82 bits per heavy atom. The van der Waals surface area contributed by atoms with Crippen molar-refractivity contribution in [1.29, 1.82) is 0 Å². The first kappa shape index (κ1) is 19.7. The molecule has 0 atom stereocenters. The molecule has 3 rings (SSSR count). The summed E-state index contributed by atoms with van der Waals surface area (Å²) in [4.78, 5) is 15.7. The lowest BCUT2D eigenvalue weighted by atomic mass is 10.0. The molecular formula is C21H14ClF3N2O. The van der Waals surface area contributed by atoms with E-state index >= 15 is 0 Å². The summed E-state index contributed by atoms with van der Waals surface area (Å²) in [7, 11) is 0. The minimum Gasteiger partial charge on any atom is -0.313 e. The molecule has 142 valence electrons. The van der Waals surface area contributed by atoms with Gasteiger partial charge in [-0.3, -0.25) is 4.79 Å². The number of aryl methyl sites for hydroxylation is 1. The molecule has 0 aliphatic carbocycles. The number of alkyl halides is 3. The van der Waals surface area contributed by atoms with Crippen molar-refractivity contribution < 1.29 is 13.2 Å². The molecule has 1 aromatic heterocycles. The zero-order valence-corrected chi connectivity index (χ0v) is 15.5. The second-order valence-corrected chi connectivity index (χ2v) is 6.66. The van der Waals surface area contributed by atoms with E-state index in [0.29, 0.717) is 16.1 Å². The third-order valence-corrected chi connectivity index (χ3v) is 4.66. The van der Waals surface area contributed by atoms with Crippen molar-refractivity contribution in [3.05, 3.63) is 98.1 Å². The molecule has 0 aliphatic heterocycles. The molecule has 0 saturated heterocycles. The number of hydrogen-bond acceptors (Lipinski definition) is 1. The van der Waals surface area contributed by atoms with Crippen molar-refractivity contribution in [1.82, 2.24) is 4.57 Å². The van der Waals surface area contributed by atoms with Crippen LogP contribution < -0.4 is 5.56 Å². The van der Waals surface area contributed by atoms with E-state index in [-0.39, 0.29) is 12.2 Å². The Kier molecular flexibility index (Phi) is 5.30. The molecule has 0 aliphatic rings. The number of rotatable bonds is 3. The molecular weight excluding hydrogens is 389 g/mol. The van der Waals surface area contributed by atoms with Crippen LogP contribution in [0.15, 0.2) is 59.4 Å². The maximum absolute atomic E-state index is 13.5. The summed E-state index contributed by atoms with van der Waals surface area (Å²) in [5.41, 5.74) is -1.26. The van der Waals surface area contributed by atoms with Crippen LogP contribution in [0.3, 0.4) is 0 Å². The number of pyridine rings is 1. The van der Waals surface area contributed by atoms with Gasteiger partial charge in [-0.05, 0) is 36.2 Å².